The fourth-order valence-electron chi connectivity index (χ4n) is 2.49. The van der Waals surface area contributed by atoms with Crippen LogP contribution in [-0.2, 0) is 7.05 Å². The summed E-state index contributed by atoms with van der Waals surface area (Å²) < 4.78 is 27.2. The molecule has 0 fully saturated rings. The predicted octanol–water partition coefficient (Wildman–Crippen LogP) is 2.49. The quantitative estimate of drug-likeness (QED) is 0.779. The molecule has 0 radical (unpaired) electrons. The normalized spacial score (nSPS) is 12.5. The largest absolute Gasteiger partial charge is 0.345 e. The molecule has 0 aliphatic rings. The molecule has 1 N–H and O–H groups in total. The van der Waals surface area contributed by atoms with E-state index in [2.05, 4.69) is 20.6 Å². The fraction of sp³-hybridized carbons (Fsp3) is 0.250. The molecule has 1 amide bonds. The molecule has 8 heteroatoms. The summed E-state index contributed by atoms with van der Waals surface area (Å²) in [6, 6.07) is 9.39. The van der Waals surface area contributed by atoms with E-state index in [1.54, 1.807) is 37.4 Å². The van der Waals surface area contributed by atoms with Crippen LogP contribution in [0, 0.1) is 0 Å². The number of nitrogens with zero attached hydrogens (tertiary/aromatic N) is 4. The van der Waals surface area contributed by atoms with Crippen molar-refractivity contribution < 1.29 is 13.6 Å². The van der Waals surface area contributed by atoms with Gasteiger partial charge in [0.05, 0.1) is 11.6 Å². The lowest BCUT2D eigenvalue weighted by molar-refractivity contribution is 0.0888. The number of carbonyl (C=O) groups excluding carboxylic acids is 1. The Bertz CT molecular complexity index is 850. The Hall–Kier alpha value is -2.90. The molecular formula is C16H15F2N5O. The highest BCUT2D eigenvalue weighted by molar-refractivity contribution is 6.03. The van der Waals surface area contributed by atoms with Gasteiger partial charge in [-0.2, -0.15) is 0 Å². The molecule has 1 unspecified atom stereocenters. The standard InChI is InChI=1S/C16H15F2N5O/c1-23-15-14(21-22-23)11(7-8-19-15)16(24)20-12(9-13(17)18)10-5-3-2-4-6-10/h2-8,12-13H,9H2,1H3,(H,20,24). The van der Waals surface area contributed by atoms with E-state index in [4.69, 9.17) is 0 Å². The number of alkyl halides is 2. The van der Waals surface area contributed by atoms with E-state index in [1.165, 1.54) is 16.9 Å². The van der Waals surface area contributed by atoms with Crippen molar-refractivity contribution >= 4 is 17.1 Å². The lowest BCUT2D eigenvalue weighted by Crippen LogP contribution is -2.30. The minimum atomic E-state index is -2.54. The van der Waals surface area contributed by atoms with Crippen molar-refractivity contribution in [2.45, 2.75) is 18.9 Å². The molecule has 0 bridgehead atoms. The highest BCUT2D eigenvalue weighted by atomic mass is 19.3. The number of aryl methyl sites for hydroxylation is 1. The first kappa shape index (κ1) is 16.0. The number of carbonyl (C=O) groups is 1. The number of hydrogen-bond acceptors (Lipinski definition) is 4. The number of amides is 1. The third kappa shape index (κ3) is 3.22. The predicted molar refractivity (Wildman–Crippen MR) is 83.6 cm³/mol. The van der Waals surface area contributed by atoms with Gasteiger partial charge in [0.15, 0.2) is 5.65 Å². The van der Waals surface area contributed by atoms with Gasteiger partial charge in [-0.1, -0.05) is 35.5 Å². The number of hydrogen-bond donors (Lipinski definition) is 1. The third-order valence-corrected chi connectivity index (χ3v) is 3.66. The minimum absolute atomic E-state index is 0.253. The highest BCUT2D eigenvalue weighted by Gasteiger charge is 2.22. The molecule has 2 heterocycles. The van der Waals surface area contributed by atoms with Crippen LogP contribution in [0.2, 0.25) is 0 Å². The smallest absolute Gasteiger partial charge is 0.254 e. The Morgan fingerprint density at radius 3 is 2.71 bits per heavy atom. The lowest BCUT2D eigenvalue weighted by Gasteiger charge is -2.19. The molecule has 1 aromatic carbocycles. The Morgan fingerprint density at radius 1 is 1.25 bits per heavy atom. The van der Waals surface area contributed by atoms with Crippen molar-refractivity contribution in [3.63, 3.8) is 0 Å². The van der Waals surface area contributed by atoms with Crippen molar-refractivity contribution in [1.82, 2.24) is 25.3 Å². The van der Waals surface area contributed by atoms with Crippen LogP contribution < -0.4 is 5.32 Å². The summed E-state index contributed by atoms with van der Waals surface area (Å²) in [4.78, 5) is 16.7. The molecule has 3 rings (SSSR count). The van der Waals surface area contributed by atoms with Crippen LogP contribution in [0.3, 0.4) is 0 Å². The number of nitrogens with one attached hydrogen (secondary N) is 1. The van der Waals surface area contributed by atoms with Gasteiger partial charge < -0.3 is 5.32 Å². The first-order chi connectivity index (χ1) is 11.6. The first-order valence-electron chi connectivity index (χ1n) is 7.34. The summed E-state index contributed by atoms with van der Waals surface area (Å²) in [6.07, 6.45) is -1.54. The zero-order chi connectivity index (χ0) is 17.1. The van der Waals surface area contributed by atoms with Crippen molar-refractivity contribution in [3.8, 4) is 0 Å². The number of aromatic nitrogens is 4. The monoisotopic (exact) mass is 331 g/mol. The van der Waals surface area contributed by atoms with E-state index in [0.29, 0.717) is 16.7 Å². The summed E-state index contributed by atoms with van der Waals surface area (Å²) in [5, 5.41) is 10.4. The maximum Gasteiger partial charge on any atom is 0.254 e. The van der Waals surface area contributed by atoms with Gasteiger partial charge in [0, 0.05) is 19.7 Å². The summed E-state index contributed by atoms with van der Waals surface area (Å²) in [6.45, 7) is 0. The highest BCUT2D eigenvalue weighted by Crippen LogP contribution is 2.22. The van der Waals surface area contributed by atoms with E-state index in [9.17, 15) is 13.6 Å². The van der Waals surface area contributed by atoms with Crippen LogP contribution >= 0.6 is 0 Å². The van der Waals surface area contributed by atoms with E-state index < -0.39 is 24.8 Å². The maximum atomic E-state index is 12.9. The van der Waals surface area contributed by atoms with Gasteiger partial charge in [0.2, 0.25) is 6.43 Å². The van der Waals surface area contributed by atoms with Crippen LogP contribution in [-0.4, -0.2) is 32.3 Å². The van der Waals surface area contributed by atoms with E-state index in [0.717, 1.165) is 0 Å². The van der Waals surface area contributed by atoms with E-state index in [-0.39, 0.29) is 5.56 Å². The Balaban J connectivity index is 1.90. The molecule has 0 aliphatic carbocycles. The van der Waals surface area contributed by atoms with Crippen LogP contribution in [0.4, 0.5) is 8.78 Å². The molecule has 0 aliphatic heterocycles. The average Bonchev–Trinajstić information content (AvgIpc) is 2.96. The van der Waals surface area contributed by atoms with E-state index >= 15 is 0 Å². The molecule has 0 saturated carbocycles. The third-order valence-electron chi connectivity index (χ3n) is 3.66. The number of pyridine rings is 1. The van der Waals surface area contributed by atoms with Crippen LogP contribution in [0.15, 0.2) is 42.6 Å². The van der Waals surface area contributed by atoms with Crippen LogP contribution in [0.5, 0.6) is 0 Å². The molecule has 6 nitrogen and oxygen atoms in total. The maximum absolute atomic E-state index is 12.9. The molecule has 0 saturated heterocycles. The fourth-order valence-corrected chi connectivity index (χ4v) is 2.49. The Morgan fingerprint density at radius 2 is 2.00 bits per heavy atom. The van der Waals surface area contributed by atoms with Crippen LogP contribution in [0.1, 0.15) is 28.4 Å². The zero-order valence-electron chi connectivity index (χ0n) is 12.9. The van der Waals surface area contributed by atoms with Gasteiger partial charge >= 0.3 is 0 Å². The molecule has 3 aromatic rings. The van der Waals surface area contributed by atoms with Gasteiger partial charge in [-0.15, -0.1) is 5.10 Å². The lowest BCUT2D eigenvalue weighted by atomic mass is 10.0. The van der Waals surface area contributed by atoms with Crippen molar-refractivity contribution in [2.75, 3.05) is 0 Å². The second-order valence-electron chi connectivity index (χ2n) is 5.31. The topological polar surface area (TPSA) is 72.7 Å². The van der Waals surface area contributed by atoms with Crippen molar-refractivity contribution in [1.29, 1.82) is 0 Å². The first-order valence-corrected chi connectivity index (χ1v) is 7.34. The van der Waals surface area contributed by atoms with Gasteiger partial charge in [-0.05, 0) is 11.6 Å². The number of rotatable bonds is 5. The average molecular weight is 331 g/mol. The van der Waals surface area contributed by atoms with Crippen molar-refractivity contribution in [2.24, 2.45) is 7.05 Å². The molecular weight excluding hydrogens is 316 g/mol. The SMILES string of the molecule is Cn1nnc2c(C(=O)NC(CC(F)F)c3ccccc3)ccnc21. The molecule has 0 spiro atoms. The minimum Gasteiger partial charge on any atom is -0.345 e. The number of halogens is 2. The second kappa shape index (κ2) is 6.69. The second-order valence-corrected chi connectivity index (χ2v) is 5.31. The number of benzene rings is 1. The van der Waals surface area contributed by atoms with Crippen LogP contribution in [0.25, 0.3) is 11.2 Å². The summed E-state index contributed by atoms with van der Waals surface area (Å²) in [5.74, 6) is -0.489. The van der Waals surface area contributed by atoms with Gasteiger partial charge in [0.25, 0.3) is 5.91 Å². The molecule has 124 valence electrons. The molecule has 1 atom stereocenters. The Labute approximate surface area is 136 Å². The summed E-state index contributed by atoms with van der Waals surface area (Å²) in [5.41, 5.74) is 1.66. The Kier molecular flexibility index (Phi) is 4.45. The van der Waals surface area contributed by atoms with E-state index in [1.807, 2.05) is 0 Å². The summed E-state index contributed by atoms with van der Waals surface area (Å²) in [7, 11) is 1.66. The van der Waals surface area contributed by atoms with Gasteiger partial charge in [-0.25, -0.2) is 18.4 Å². The van der Waals surface area contributed by atoms with Gasteiger partial charge in [0.1, 0.15) is 5.52 Å². The molecule has 24 heavy (non-hydrogen) atoms. The number of fused-ring (bicyclic) bond motifs is 1. The van der Waals surface area contributed by atoms with Crippen molar-refractivity contribution in [3.05, 3.63) is 53.7 Å². The molecule has 2 aromatic heterocycles. The van der Waals surface area contributed by atoms with Gasteiger partial charge in [-0.3, -0.25) is 4.79 Å². The summed E-state index contributed by atoms with van der Waals surface area (Å²) >= 11 is 0. The zero-order valence-corrected chi connectivity index (χ0v) is 12.9.